The van der Waals surface area contributed by atoms with E-state index < -0.39 is 18.0 Å². The molecular formula is C14H27N3O4. The molecule has 0 bridgehead atoms. The summed E-state index contributed by atoms with van der Waals surface area (Å²) in [4.78, 5) is 36.0. The number of nitrogens with one attached hydrogen (secondary N) is 2. The van der Waals surface area contributed by atoms with Crippen LogP contribution in [-0.4, -0.2) is 53.6 Å². The van der Waals surface area contributed by atoms with Crippen molar-refractivity contribution in [1.82, 2.24) is 15.5 Å². The number of amides is 3. The normalized spacial score (nSPS) is 11.9. The summed E-state index contributed by atoms with van der Waals surface area (Å²) in [6.45, 7) is 9.02. The van der Waals surface area contributed by atoms with Gasteiger partial charge in [0.15, 0.2) is 0 Å². The Morgan fingerprint density at radius 2 is 1.71 bits per heavy atom. The zero-order valence-electron chi connectivity index (χ0n) is 13.3. The molecule has 1 atom stereocenters. The van der Waals surface area contributed by atoms with Crippen LogP contribution in [0.3, 0.4) is 0 Å². The standard InChI is InChI=1S/C14H27N3O4/c1-5-17(6-2)12(18)7-8-15-14(21)16-11(13(19)20)9-10(3)4/h10-11H,5-9H2,1-4H3,(H,19,20)(H2,15,16,21)/t11-/m0/s1. The minimum Gasteiger partial charge on any atom is -0.480 e. The summed E-state index contributed by atoms with van der Waals surface area (Å²) in [7, 11) is 0. The van der Waals surface area contributed by atoms with Crippen LogP contribution in [0.2, 0.25) is 0 Å². The van der Waals surface area contributed by atoms with Gasteiger partial charge < -0.3 is 20.6 Å². The van der Waals surface area contributed by atoms with Crippen molar-refractivity contribution in [2.75, 3.05) is 19.6 Å². The number of hydrogen-bond donors (Lipinski definition) is 3. The molecule has 0 rings (SSSR count). The van der Waals surface area contributed by atoms with E-state index in [0.29, 0.717) is 19.5 Å². The van der Waals surface area contributed by atoms with E-state index in [4.69, 9.17) is 5.11 Å². The first-order valence-corrected chi connectivity index (χ1v) is 7.36. The van der Waals surface area contributed by atoms with Crippen LogP contribution >= 0.6 is 0 Å². The van der Waals surface area contributed by atoms with E-state index in [1.165, 1.54) is 0 Å². The fourth-order valence-corrected chi connectivity index (χ4v) is 1.92. The Labute approximate surface area is 126 Å². The van der Waals surface area contributed by atoms with Crippen molar-refractivity contribution in [2.24, 2.45) is 5.92 Å². The molecule has 3 N–H and O–H groups in total. The summed E-state index contributed by atoms with van der Waals surface area (Å²) in [5, 5.41) is 13.9. The Morgan fingerprint density at radius 1 is 1.14 bits per heavy atom. The van der Waals surface area contributed by atoms with Crippen molar-refractivity contribution in [3.8, 4) is 0 Å². The van der Waals surface area contributed by atoms with Crippen molar-refractivity contribution in [3.05, 3.63) is 0 Å². The molecule has 122 valence electrons. The van der Waals surface area contributed by atoms with E-state index in [-0.39, 0.29) is 24.8 Å². The van der Waals surface area contributed by atoms with Gasteiger partial charge in [-0.3, -0.25) is 4.79 Å². The van der Waals surface area contributed by atoms with E-state index in [0.717, 1.165) is 0 Å². The number of carbonyl (C=O) groups is 3. The number of carboxylic acids is 1. The number of carbonyl (C=O) groups excluding carboxylic acids is 2. The molecule has 3 amide bonds. The summed E-state index contributed by atoms with van der Waals surface area (Å²) in [6, 6.07) is -1.47. The third-order valence-corrected chi connectivity index (χ3v) is 3.05. The lowest BCUT2D eigenvalue weighted by Crippen LogP contribution is -2.47. The first-order valence-electron chi connectivity index (χ1n) is 7.36. The van der Waals surface area contributed by atoms with Crippen molar-refractivity contribution in [2.45, 2.75) is 46.6 Å². The van der Waals surface area contributed by atoms with E-state index in [2.05, 4.69) is 10.6 Å². The predicted octanol–water partition coefficient (Wildman–Crippen LogP) is 1.04. The minimum atomic E-state index is -1.06. The lowest BCUT2D eigenvalue weighted by molar-refractivity contribution is -0.139. The molecule has 0 saturated carbocycles. The molecule has 0 aromatic rings. The molecule has 0 unspecified atom stereocenters. The molecule has 0 spiro atoms. The second-order valence-electron chi connectivity index (χ2n) is 5.24. The maximum absolute atomic E-state index is 11.7. The summed E-state index contributed by atoms with van der Waals surface area (Å²) < 4.78 is 0. The molecular weight excluding hydrogens is 274 g/mol. The highest BCUT2D eigenvalue weighted by Gasteiger charge is 2.21. The van der Waals surface area contributed by atoms with Crippen LogP contribution in [0.25, 0.3) is 0 Å². The van der Waals surface area contributed by atoms with Gasteiger partial charge in [0.25, 0.3) is 0 Å². The van der Waals surface area contributed by atoms with Crippen LogP contribution < -0.4 is 10.6 Å². The third-order valence-electron chi connectivity index (χ3n) is 3.05. The van der Waals surface area contributed by atoms with Crippen LogP contribution in [0.4, 0.5) is 4.79 Å². The Balaban J connectivity index is 4.14. The smallest absolute Gasteiger partial charge is 0.326 e. The summed E-state index contributed by atoms with van der Waals surface area (Å²) in [5.74, 6) is -0.925. The SMILES string of the molecule is CCN(CC)C(=O)CCNC(=O)N[C@@H](CC(C)C)C(=O)O. The first kappa shape index (κ1) is 19.2. The fraction of sp³-hybridized carbons (Fsp3) is 0.786. The molecule has 7 heteroatoms. The average molecular weight is 301 g/mol. The molecule has 0 aromatic heterocycles. The Kier molecular flexibility index (Phi) is 9.16. The van der Waals surface area contributed by atoms with Crippen LogP contribution in [0.15, 0.2) is 0 Å². The molecule has 0 saturated heterocycles. The quantitative estimate of drug-likeness (QED) is 0.592. The highest BCUT2D eigenvalue weighted by Crippen LogP contribution is 2.04. The molecule has 0 fully saturated rings. The van der Waals surface area contributed by atoms with E-state index in [9.17, 15) is 14.4 Å². The van der Waals surface area contributed by atoms with Gasteiger partial charge in [0, 0.05) is 26.1 Å². The maximum Gasteiger partial charge on any atom is 0.326 e. The topological polar surface area (TPSA) is 98.7 Å². The van der Waals surface area contributed by atoms with E-state index in [1.807, 2.05) is 27.7 Å². The van der Waals surface area contributed by atoms with Gasteiger partial charge in [-0.2, -0.15) is 0 Å². The van der Waals surface area contributed by atoms with Gasteiger partial charge in [0.1, 0.15) is 6.04 Å². The summed E-state index contributed by atoms with van der Waals surface area (Å²) in [6.07, 6.45) is 0.568. The number of hydrogen-bond acceptors (Lipinski definition) is 3. The molecule has 0 aliphatic heterocycles. The van der Waals surface area contributed by atoms with Gasteiger partial charge in [0.05, 0.1) is 0 Å². The molecule has 0 aliphatic rings. The lowest BCUT2D eigenvalue weighted by atomic mass is 10.0. The molecule has 7 nitrogen and oxygen atoms in total. The zero-order valence-corrected chi connectivity index (χ0v) is 13.3. The Bertz CT molecular complexity index is 354. The number of aliphatic carboxylic acids is 1. The average Bonchev–Trinajstić information content (AvgIpc) is 2.38. The third kappa shape index (κ3) is 8.16. The van der Waals surface area contributed by atoms with Crippen LogP contribution in [-0.2, 0) is 9.59 Å². The van der Waals surface area contributed by atoms with Crippen molar-refractivity contribution in [3.63, 3.8) is 0 Å². The van der Waals surface area contributed by atoms with Crippen LogP contribution in [0.1, 0.15) is 40.5 Å². The Morgan fingerprint density at radius 3 is 2.14 bits per heavy atom. The predicted molar refractivity (Wildman–Crippen MR) is 80.0 cm³/mol. The first-order chi connectivity index (χ1) is 9.81. The van der Waals surface area contributed by atoms with E-state index >= 15 is 0 Å². The number of rotatable bonds is 9. The van der Waals surface area contributed by atoms with Crippen molar-refractivity contribution >= 4 is 17.9 Å². The highest BCUT2D eigenvalue weighted by atomic mass is 16.4. The van der Waals surface area contributed by atoms with Gasteiger partial charge in [-0.05, 0) is 26.2 Å². The molecule has 0 aliphatic carbocycles. The van der Waals surface area contributed by atoms with Gasteiger partial charge in [-0.1, -0.05) is 13.8 Å². The largest absolute Gasteiger partial charge is 0.480 e. The van der Waals surface area contributed by atoms with Crippen molar-refractivity contribution in [1.29, 1.82) is 0 Å². The number of nitrogens with zero attached hydrogens (tertiary/aromatic N) is 1. The van der Waals surface area contributed by atoms with Crippen LogP contribution in [0.5, 0.6) is 0 Å². The van der Waals surface area contributed by atoms with Gasteiger partial charge in [-0.25, -0.2) is 9.59 Å². The summed E-state index contributed by atoms with van der Waals surface area (Å²) >= 11 is 0. The van der Waals surface area contributed by atoms with Gasteiger partial charge in [-0.15, -0.1) is 0 Å². The fourth-order valence-electron chi connectivity index (χ4n) is 1.92. The molecule has 0 heterocycles. The van der Waals surface area contributed by atoms with E-state index in [1.54, 1.807) is 4.90 Å². The highest BCUT2D eigenvalue weighted by molar-refractivity contribution is 5.83. The maximum atomic E-state index is 11.7. The van der Waals surface area contributed by atoms with Gasteiger partial charge in [0.2, 0.25) is 5.91 Å². The second kappa shape index (κ2) is 10.0. The molecule has 0 radical (unpaired) electrons. The monoisotopic (exact) mass is 301 g/mol. The minimum absolute atomic E-state index is 0.0303. The molecule has 21 heavy (non-hydrogen) atoms. The van der Waals surface area contributed by atoms with Crippen molar-refractivity contribution < 1.29 is 19.5 Å². The van der Waals surface area contributed by atoms with Gasteiger partial charge >= 0.3 is 12.0 Å². The molecule has 0 aromatic carbocycles. The zero-order chi connectivity index (χ0) is 16.4. The summed E-state index contributed by atoms with van der Waals surface area (Å²) in [5.41, 5.74) is 0. The number of urea groups is 1. The lowest BCUT2D eigenvalue weighted by Gasteiger charge is -2.19. The number of carboxylic acid groups (broad SMARTS) is 1. The Hall–Kier alpha value is -1.79. The second-order valence-corrected chi connectivity index (χ2v) is 5.24. The van der Waals surface area contributed by atoms with Crippen LogP contribution in [0, 0.1) is 5.92 Å².